The molecule has 8 nitrogen and oxygen atoms in total. The minimum atomic E-state index is -0.849. The van der Waals surface area contributed by atoms with Gasteiger partial charge in [0.2, 0.25) is 17.7 Å². The van der Waals surface area contributed by atoms with Crippen LogP contribution in [-0.2, 0) is 33.6 Å². The number of carbonyl (C=O) groups excluding carboxylic acids is 3. The number of hydrogen-bond acceptors (Lipinski definition) is 4. The maximum atomic E-state index is 13.7. The van der Waals surface area contributed by atoms with Crippen molar-refractivity contribution in [2.24, 2.45) is 5.92 Å². The highest BCUT2D eigenvalue weighted by atomic mass is 16.5. The first-order valence-electron chi connectivity index (χ1n) is 15.1. The van der Waals surface area contributed by atoms with Crippen molar-refractivity contribution < 1.29 is 19.6 Å². The van der Waals surface area contributed by atoms with E-state index in [0.29, 0.717) is 25.8 Å². The lowest BCUT2D eigenvalue weighted by molar-refractivity contribution is -0.136. The Balaban J connectivity index is 1.28. The summed E-state index contributed by atoms with van der Waals surface area (Å²) in [6.07, 6.45) is 4.43. The smallest absolute Gasteiger partial charge is 0.244 e. The second-order valence-electron chi connectivity index (χ2n) is 11.2. The number of aromatic amines is 1. The van der Waals surface area contributed by atoms with E-state index in [1.807, 2.05) is 72.9 Å². The van der Waals surface area contributed by atoms with Crippen LogP contribution < -0.4 is 16.1 Å². The topological polar surface area (TPSA) is 123 Å². The molecule has 1 heterocycles. The van der Waals surface area contributed by atoms with Crippen LogP contribution >= 0.6 is 0 Å². The molecule has 44 heavy (non-hydrogen) atoms. The van der Waals surface area contributed by atoms with Gasteiger partial charge in [-0.25, -0.2) is 5.48 Å². The Bertz CT molecular complexity index is 1720. The number of aryl methyl sites for hydroxylation is 1. The predicted molar refractivity (Wildman–Crippen MR) is 172 cm³/mol. The Labute approximate surface area is 256 Å². The monoisotopic (exact) mass is 590 g/mol. The fraction of sp³-hybridized carbons (Fsp3) is 0.250. The first kappa shape index (κ1) is 30.5. The summed E-state index contributed by atoms with van der Waals surface area (Å²) in [5.41, 5.74) is 5.75. The number of hydroxylamine groups is 1. The van der Waals surface area contributed by atoms with Crippen molar-refractivity contribution in [3.05, 3.63) is 120 Å². The number of hydrogen-bond donors (Lipinski definition) is 5. The van der Waals surface area contributed by atoms with Crippen LogP contribution in [-0.4, -0.2) is 40.5 Å². The number of para-hydroxylation sites is 1. The zero-order valence-corrected chi connectivity index (χ0v) is 24.6. The molecular weight excluding hydrogens is 552 g/mol. The molecule has 3 amide bonds. The van der Waals surface area contributed by atoms with Gasteiger partial charge in [0.05, 0.1) is 0 Å². The van der Waals surface area contributed by atoms with E-state index in [1.165, 1.54) is 0 Å². The maximum absolute atomic E-state index is 13.7. The summed E-state index contributed by atoms with van der Waals surface area (Å²) < 4.78 is 0. The molecule has 0 saturated heterocycles. The molecule has 0 radical (unpaired) electrons. The first-order chi connectivity index (χ1) is 21.5. The van der Waals surface area contributed by atoms with Crippen molar-refractivity contribution in [3.8, 4) is 0 Å². The molecule has 0 spiro atoms. The van der Waals surface area contributed by atoms with Gasteiger partial charge in [0.15, 0.2) is 0 Å². The largest absolute Gasteiger partial charge is 0.361 e. The summed E-state index contributed by atoms with van der Waals surface area (Å²) in [4.78, 5) is 42.6. The number of rotatable bonds is 14. The Morgan fingerprint density at radius 3 is 2.34 bits per heavy atom. The van der Waals surface area contributed by atoms with Crippen molar-refractivity contribution in [1.29, 1.82) is 0 Å². The zero-order chi connectivity index (χ0) is 30.7. The molecule has 2 atom stereocenters. The number of aromatic nitrogens is 1. The summed E-state index contributed by atoms with van der Waals surface area (Å²) in [5.74, 6) is -2.04. The molecule has 5 N–H and O–H groups in total. The fourth-order valence-corrected chi connectivity index (χ4v) is 5.66. The molecule has 0 unspecified atom stereocenters. The van der Waals surface area contributed by atoms with Crippen LogP contribution in [0, 0.1) is 5.92 Å². The third kappa shape index (κ3) is 8.11. The zero-order valence-electron chi connectivity index (χ0n) is 24.6. The lowest BCUT2D eigenvalue weighted by Gasteiger charge is -2.22. The van der Waals surface area contributed by atoms with Crippen LogP contribution in [0.4, 0.5) is 0 Å². The number of benzene rings is 4. The van der Waals surface area contributed by atoms with Crippen LogP contribution in [0.15, 0.2) is 103 Å². The van der Waals surface area contributed by atoms with Crippen LogP contribution in [0.1, 0.15) is 36.0 Å². The van der Waals surface area contributed by atoms with E-state index < -0.39 is 23.8 Å². The van der Waals surface area contributed by atoms with Crippen molar-refractivity contribution in [2.45, 2.75) is 44.6 Å². The van der Waals surface area contributed by atoms with Gasteiger partial charge < -0.3 is 15.6 Å². The van der Waals surface area contributed by atoms with Crippen molar-refractivity contribution in [2.75, 3.05) is 6.54 Å². The number of fused-ring (bicyclic) bond motifs is 2. The third-order valence-corrected chi connectivity index (χ3v) is 8.05. The van der Waals surface area contributed by atoms with Crippen molar-refractivity contribution in [1.82, 2.24) is 21.1 Å². The van der Waals surface area contributed by atoms with Gasteiger partial charge in [0.1, 0.15) is 6.04 Å². The Kier molecular flexibility index (Phi) is 10.4. The molecule has 0 bridgehead atoms. The molecule has 4 aromatic carbocycles. The Hall–Kier alpha value is -4.95. The highest BCUT2D eigenvalue weighted by Gasteiger charge is 2.28. The third-order valence-electron chi connectivity index (χ3n) is 8.05. The number of carbonyl (C=O) groups is 3. The summed E-state index contributed by atoms with van der Waals surface area (Å²) in [6, 6.07) is 31.3. The van der Waals surface area contributed by atoms with E-state index in [2.05, 4.69) is 45.9 Å². The van der Waals surface area contributed by atoms with E-state index in [0.717, 1.165) is 44.8 Å². The molecule has 5 aromatic rings. The number of nitrogens with one attached hydrogen (secondary N) is 4. The molecule has 5 rings (SSSR count). The van der Waals surface area contributed by atoms with E-state index in [9.17, 15) is 19.6 Å². The quantitative estimate of drug-likeness (QED) is 0.0896. The standard InChI is InChI=1S/C36H38N4O4/c41-34(40-44)23-29(14-8-11-26-17-18-27-12-4-5-13-28(27)21-26)35(42)39-33(22-30-24-38-32-16-7-6-15-31(30)32)36(43)37-20-19-25-9-2-1-3-10-25/h1-7,9-10,12-13,15-18,21,24,29,33,38,44H,8,11,14,19-20,22-23H2,(H,37,43)(H,39,42)(H,40,41)/t29-,33+/m1/s1. The van der Waals surface area contributed by atoms with Gasteiger partial charge in [0.25, 0.3) is 0 Å². The van der Waals surface area contributed by atoms with Gasteiger partial charge in [-0.05, 0) is 59.2 Å². The van der Waals surface area contributed by atoms with Crippen LogP contribution in [0.2, 0.25) is 0 Å². The summed E-state index contributed by atoms with van der Waals surface area (Å²) in [6.45, 7) is 0.422. The van der Waals surface area contributed by atoms with E-state index in [1.54, 1.807) is 5.48 Å². The molecule has 0 aliphatic heterocycles. The maximum Gasteiger partial charge on any atom is 0.244 e. The van der Waals surface area contributed by atoms with Crippen LogP contribution in [0.25, 0.3) is 21.7 Å². The molecule has 0 aliphatic rings. The average Bonchev–Trinajstić information content (AvgIpc) is 3.46. The highest BCUT2D eigenvalue weighted by molar-refractivity contribution is 5.91. The fourth-order valence-electron chi connectivity index (χ4n) is 5.66. The molecule has 0 aliphatic carbocycles. The number of amides is 3. The summed E-state index contributed by atoms with van der Waals surface area (Å²) in [7, 11) is 0. The molecule has 0 fully saturated rings. The van der Waals surface area contributed by atoms with Gasteiger partial charge >= 0.3 is 0 Å². The SMILES string of the molecule is O=C(C[C@@H](CCCc1ccc2ccccc2c1)C(=O)N[C@@H](Cc1c[nH]c2ccccc12)C(=O)NCCc1ccccc1)NO. The number of H-pyrrole nitrogens is 1. The van der Waals surface area contributed by atoms with Gasteiger partial charge in [-0.15, -0.1) is 0 Å². The highest BCUT2D eigenvalue weighted by Crippen LogP contribution is 2.22. The average molecular weight is 591 g/mol. The first-order valence-corrected chi connectivity index (χ1v) is 15.1. The lowest BCUT2D eigenvalue weighted by atomic mass is 9.94. The normalized spacial score (nSPS) is 12.5. The lowest BCUT2D eigenvalue weighted by Crippen LogP contribution is -2.50. The van der Waals surface area contributed by atoms with Crippen molar-refractivity contribution in [3.63, 3.8) is 0 Å². The summed E-state index contributed by atoms with van der Waals surface area (Å²) >= 11 is 0. The van der Waals surface area contributed by atoms with E-state index in [4.69, 9.17) is 0 Å². The van der Waals surface area contributed by atoms with Crippen LogP contribution in [0.5, 0.6) is 0 Å². The summed E-state index contributed by atoms with van der Waals surface area (Å²) in [5, 5.41) is 18.4. The van der Waals surface area contributed by atoms with E-state index >= 15 is 0 Å². The van der Waals surface area contributed by atoms with Gasteiger partial charge in [0, 0.05) is 42.4 Å². The minimum absolute atomic E-state index is 0.185. The van der Waals surface area contributed by atoms with Crippen molar-refractivity contribution >= 4 is 39.4 Å². The van der Waals surface area contributed by atoms with Gasteiger partial charge in [-0.1, -0.05) is 91.0 Å². The van der Waals surface area contributed by atoms with E-state index in [-0.39, 0.29) is 18.7 Å². The molecule has 8 heteroatoms. The molecule has 0 saturated carbocycles. The predicted octanol–water partition coefficient (Wildman–Crippen LogP) is 5.24. The molecule has 226 valence electrons. The van der Waals surface area contributed by atoms with Gasteiger partial charge in [-0.2, -0.15) is 0 Å². The minimum Gasteiger partial charge on any atom is -0.361 e. The van der Waals surface area contributed by atoms with Crippen LogP contribution in [0.3, 0.4) is 0 Å². The molecular formula is C36H38N4O4. The Morgan fingerprint density at radius 1 is 0.773 bits per heavy atom. The molecule has 1 aromatic heterocycles. The Morgan fingerprint density at radius 2 is 1.52 bits per heavy atom. The van der Waals surface area contributed by atoms with Gasteiger partial charge in [-0.3, -0.25) is 19.6 Å². The second kappa shape index (κ2) is 15.0. The second-order valence-corrected chi connectivity index (χ2v) is 11.2.